The predicted octanol–water partition coefficient (Wildman–Crippen LogP) is 3.12. The highest BCUT2D eigenvalue weighted by Gasteiger charge is 2.32. The van der Waals surface area contributed by atoms with Gasteiger partial charge in [0.1, 0.15) is 13.1 Å². The Morgan fingerprint density at radius 3 is 2.15 bits per heavy atom. The molecule has 1 N–H and O–H groups in total. The van der Waals surface area contributed by atoms with Crippen LogP contribution in [0.4, 0.5) is 5.69 Å². The van der Waals surface area contributed by atoms with E-state index in [1.54, 1.807) is 29.2 Å². The van der Waals surface area contributed by atoms with Gasteiger partial charge in [-0.25, -0.2) is 8.42 Å². The fourth-order valence-electron chi connectivity index (χ4n) is 4.06. The Morgan fingerprint density at radius 2 is 1.53 bits per heavy atom. The van der Waals surface area contributed by atoms with Gasteiger partial charge in [0.2, 0.25) is 5.91 Å². The molecule has 1 amide bonds. The van der Waals surface area contributed by atoms with Gasteiger partial charge in [0, 0.05) is 10.6 Å². The maximum absolute atomic E-state index is 13.5. The molecule has 178 valence electrons. The molecule has 0 aliphatic carbocycles. The number of piperazine rings is 1. The quantitative estimate of drug-likeness (QED) is 0.522. The van der Waals surface area contributed by atoms with Crippen molar-refractivity contribution in [3.05, 3.63) is 94.5 Å². The highest BCUT2D eigenvalue weighted by atomic mass is 35.5. The van der Waals surface area contributed by atoms with Gasteiger partial charge in [-0.2, -0.15) is 0 Å². The molecule has 9 heteroatoms. The first-order valence-corrected chi connectivity index (χ1v) is 13.2. The van der Waals surface area contributed by atoms with Crippen molar-refractivity contribution < 1.29 is 18.1 Å². The van der Waals surface area contributed by atoms with Crippen molar-refractivity contribution >= 4 is 44.8 Å². The zero-order chi connectivity index (χ0) is 24.1. The fraction of sp³-hybridized carbons (Fsp3) is 0.240. The van der Waals surface area contributed by atoms with Crippen LogP contribution < -0.4 is 9.21 Å². The van der Waals surface area contributed by atoms with Crippen LogP contribution in [-0.2, 0) is 21.4 Å². The van der Waals surface area contributed by atoms with Crippen LogP contribution in [0.1, 0.15) is 5.56 Å². The van der Waals surface area contributed by atoms with Crippen LogP contribution >= 0.6 is 23.2 Å². The van der Waals surface area contributed by atoms with Crippen LogP contribution in [0.2, 0.25) is 10.0 Å². The first-order chi connectivity index (χ1) is 16.3. The van der Waals surface area contributed by atoms with Crippen LogP contribution in [-0.4, -0.2) is 51.9 Å². The molecule has 3 aromatic rings. The number of amides is 1. The molecule has 4 rings (SSSR count). The molecule has 0 spiro atoms. The molecule has 0 aromatic heterocycles. The Labute approximate surface area is 210 Å². The SMILES string of the molecule is O=C(CN(c1ccc(Cl)cc1Cl)S(=O)(=O)c1ccccc1)N1CC[NH+](Cc2ccccc2)CC1. The number of quaternary nitrogens is 1. The highest BCUT2D eigenvalue weighted by molar-refractivity contribution is 7.92. The molecular formula is C25H26Cl2N3O3S+. The monoisotopic (exact) mass is 518 g/mol. The molecular weight excluding hydrogens is 493 g/mol. The molecule has 6 nitrogen and oxygen atoms in total. The van der Waals surface area contributed by atoms with E-state index < -0.39 is 10.0 Å². The van der Waals surface area contributed by atoms with Gasteiger partial charge in [-0.15, -0.1) is 0 Å². The summed E-state index contributed by atoms with van der Waals surface area (Å²) in [6, 6.07) is 22.9. The summed E-state index contributed by atoms with van der Waals surface area (Å²) in [5, 5.41) is 0.548. The molecule has 1 fully saturated rings. The van der Waals surface area contributed by atoms with Crippen LogP contribution in [0.15, 0.2) is 83.8 Å². The van der Waals surface area contributed by atoms with Gasteiger partial charge in [0.15, 0.2) is 0 Å². The predicted molar refractivity (Wildman–Crippen MR) is 135 cm³/mol. The third-order valence-corrected chi connectivity index (χ3v) is 8.22. The van der Waals surface area contributed by atoms with E-state index in [0.29, 0.717) is 18.1 Å². The molecule has 34 heavy (non-hydrogen) atoms. The van der Waals surface area contributed by atoms with Crippen LogP contribution in [0.5, 0.6) is 0 Å². The number of carbonyl (C=O) groups is 1. The molecule has 1 aliphatic rings. The normalized spacial score (nSPS) is 14.7. The number of carbonyl (C=O) groups excluding carboxylic acids is 1. The number of rotatable bonds is 7. The number of hydrogen-bond acceptors (Lipinski definition) is 3. The topological polar surface area (TPSA) is 62.1 Å². The summed E-state index contributed by atoms with van der Waals surface area (Å²) in [6.07, 6.45) is 0. The molecule has 1 aliphatic heterocycles. The number of halogens is 2. The van der Waals surface area contributed by atoms with Crippen molar-refractivity contribution in [3.63, 3.8) is 0 Å². The molecule has 1 heterocycles. The van der Waals surface area contributed by atoms with Gasteiger partial charge >= 0.3 is 0 Å². The number of hydrogen-bond donors (Lipinski definition) is 1. The molecule has 0 unspecified atom stereocenters. The summed E-state index contributed by atoms with van der Waals surface area (Å²) in [4.78, 5) is 16.5. The third kappa shape index (κ3) is 5.73. The van der Waals surface area contributed by atoms with E-state index >= 15 is 0 Å². The zero-order valence-corrected chi connectivity index (χ0v) is 20.9. The van der Waals surface area contributed by atoms with Gasteiger partial charge in [0.05, 0.1) is 41.8 Å². The Morgan fingerprint density at radius 1 is 0.912 bits per heavy atom. The third-order valence-electron chi connectivity index (χ3n) is 5.91. The summed E-state index contributed by atoms with van der Waals surface area (Å²) in [6.45, 7) is 3.29. The average Bonchev–Trinajstić information content (AvgIpc) is 2.84. The lowest BCUT2D eigenvalue weighted by molar-refractivity contribution is -0.917. The average molecular weight is 519 g/mol. The number of benzene rings is 3. The molecule has 3 aromatic carbocycles. The van der Waals surface area contributed by atoms with E-state index in [9.17, 15) is 13.2 Å². The van der Waals surface area contributed by atoms with E-state index in [0.717, 1.165) is 23.9 Å². The standard InChI is InChI=1S/C25H25Cl2N3O3S/c26-21-11-12-24(23(27)17-21)30(34(32,33)22-9-5-2-6-10-22)19-25(31)29-15-13-28(14-16-29)18-20-7-3-1-4-8-20/h1-12,17H,13-16,18-19H2/p+1. The largest absolute Gasteiger partial charge is 0.330 e. The number of anilines is 1. The van der Waals surface area contributed by atoms with Crippen LogP contribution in [0.25, 0.3) is 0 Å². The lowest BCUT2D eigenvalue weighted by Gasteiger charge is -2.34. The van der Waals surface area contributed by atoms with E-state index in [1.807, 2.05) is 18.2 Å². The van der Waals surface area contributed by atoms with E-state index in [4.69, 9.17) is 23.2 Å². The summed E-state index contributed by atoms with van der Waals surface area (Å²) < 4.78 is 28.1. The summed E-state index contributed by atoms with van der Waals surface area (Å²) in [5.74, 6) is -0.260. The minimum Gasteiger partial charge on any atom is -0.330 e. The van der Waals surface area contributed by atoms with E-state index in [-0.39, 0.29) is 28.1 Å². The van der Waals surface area contributed by atoms with Crippen molar-refractivity contribution in [1.82, 2.24) is 4.90 Å². The fourth-order valence-corrected chi connectivity index (χ4v) is 6.07. The summed E-state index contributed by atoms with van der Waals surface area (Å²) >= 11 is 12.4. The van der Waals surface area contributed by atoms with Crippen molar-refractivity contribution in [2.75, 3.05) is 37.0 Å². The van der Waals surface area contributed by atoms with Gasteiger partial charge in [-0.3, -0.25) is 9.10 Å². The molecule has 0 atom stereocenters. The lowest BCUT2D eigenvalue weighted by atomic mass is 10.2. The minimum absolute atomic E-state index is 0.0888. The van der Waals surface area contributed by atoms with Gasteiger partial charge in [-0.05, 0) is 30.3 Å². The second-order valence-electron chi connectivity index (χ2n) is 8.21. The maximum atomic E-state index is 13.5. The number of sulfonamides is 1. The zero-order valence-electron chi connectivity index (χ0n) is 18.5. The first-order valence-electron chi connectivity index (χ1n) is 11.0. The van der Waals surface area contributed by atoms with E-state index in [2.05, 4.69) is 12.1 Å². The lowest BCUT2D eigenvalue weighted by Crippen LogP contribution is -3.13. The second-order valence-corrected chi connectivity index (χ2v) is 10.9. The smallest absolute Gasteiger partial charge is 0.264 e. The molecule has 0 radical (unpaired) electrons. The molecule has 0 saturated carbocycles. The first kappa shape index (κ1) is 24.5. The van der Waals surface area contributed by atoms with Gasteiger partial charge in [0.25, 0.3) is 10.0 Å². The summed E-state index contributed by atoms with van der Waals surface area (Å²) in [5.41, 5.74) is 1.48. The Balaban J connectivity index is 1.51. The molecule has 1 saturated heterocycles. The Bertz CT molecular complexity index is 1230. The highest BCUT2D eigenvalue weighted by Crippen LogP contribution is 2.32. The van der Waals surface area contributed by atoms with Crippen molar-refractivity contribution in [2.45, 2.75) is 11.4 Å². The van der Waals surface area contributed by atoms with Crippen molar-refractivity contribution in [2.24, 2.45) is 0 Å². The Kier molecular flexibility index (Phi) is 7.78. The second kappa shape index (κ2) is 10.8. The van der Waals surface area contributed by atoms with Crippen molar-refractivity contribution in [3.8, 4) is 0 Å². The number of nitrogens with zero attached hydrogens (tertiary/aromatic N) is 2. The van der Waals surface area contributed by atoms with E-state index in [1.165, 1.54) is 34.7 Å². The Hall–Kier alpha value is -2.58. The maximum Gasteiger partial charge on any atom is 0.264 e. The van der Waals surface area contributed by atoms with Crippen LogP contribution in [0.3, 0.4) is 0 Å². The van der Waals surface area contributed by atoms with Gasteiger partial charge < -0.3 is 9.80 Å². The molecule has 0 bridgehead atoms. The van der Waals surface area contributed by atoms with Gasteiger partial charge in [-0.1, -0.05) is 71.7 Å². The number of nitrogens with one attached hydrogen (secondary N) is 1. The minimum atomic E-state index is -4.02. The van der Waals surface area contributed by atoms with Crippen molar-refractivity contribution in [1.29, 1.82) is 0 Å². The van der Waals surface area contributed by atoms with Crippen LogP contribution in [0, 0.1) is 0 Å². The summed E-state index contributed by atoms with van der Waals surface area (Å²) in [7, 11) is -4.02.